The monoisotopic (exact) mass is 343 g/mol. The van der Waals surface area contributed by atoms with Crippen LogP contribution in [0.5, 0.6) is 0 Å². The molecule has 0 radical (unpaired) electrons. The zero-order valence-corrected chi connectivity index (χ0v) is 15.1. The smallest absolute Gasteiger partial charge is 0.217 e. The number of hydrogen-bond acceptors (Lipinski definition) is 3. The van der Waals surface area contributed by atoms with Crippen molar-refractivity contribution >= 4 is 5.91 Å². The molecule has 0 aliphatic heterocycles. The van der Waals surface area contributed by atoms with Crippen molar-refractivity contribution < 1.29 is 13.9 Å². The lowest BCUT2D eigenvalue weighted by molar-refractivity contribution is -0.118. The van der Waals surface area contributed by atoms with Gasteiger partial charge in [-0.15, -0.1) is 0 Å². The van der Waals surface area contributed by atoms with E-state index in [-0.39, 0.29) is 5.91 Å². The Bertz CT molecular complexity index is 634. The van der Waals surface area contributed by atoms with Crippen LogP contribution < -0.4 is 5.73 Å². The first-order valence-corrected chi connectivity index (χ1v) is 9.19. The Morgan fingerprint density at radius 3 is 2.64 bits per heavy atom. The molecule has 0 aliphatic carbocycles. The molecule has 2 aromatic rings. The van der Waals surface area contributed by atoms with Crippen molar-refractivity contribution in [1.29, 1.82) is 0 Å². The number of nitrogens with two attached hydrogens (primary N) is 1. The molecule has 0 bridgehead atoms. The molecule has 1 amide bonds. The van der Waals surface area contributed by atoms with Crippen LogP contribution >= 0.6 is 0 Å². The van der Waals surface area contributed by atoms with Crippen LogP contribution in [0.3, 0.4) is 0 Å². The quantitative estimate of drug-likeness (QED) is 0.588. The number of amides is 1. The van der Waals surface area contributed by atoms with Gasteiger partial charge in [-0.1, -0.05) is 43.7 Å². The molecule has 0 aliphatic rings. The molecular formula is C21H29NO3. The van der Waals surface area contributed by atoms with E-state index in [9.17, 15) is 4.79 Å². The highest BCUT2D eigenvalue weighted by Gasteiger charge is 2.11. The summed E-state index contributed by atoms with van der Waals surface area (Å²) in [4.78, 5) is 11.0. The highest BCUT2D eigenvalue weighted by Crippen LogP contribution is 2.21. The van der Waals surface area contributed by atoms with Crippen LogP contribution in [0.15, 0.2) is 40.8 Å². The zero-order chi connectivity index (χ0) is 17.9. The molecule has 1 aromatic carbocycles. The van der Waals surface area contributed by atoms with Crippen molar-refractivity contribution in [2.24, 2.45) is 5.73 Å². The van der Waals surface area contributed by atoms with Crippen molar-refractivity contribution in [1.82, 2.24) is 0 Å². The van der Waals surface area contributed by atoms with E-state index in [4.69, 9.17) is 14.9 Å². The molecule has 0 atom stereocenters. The van der Waals surface area contributed by atoms with Gasteiger partial charge in [-0.2, -0.15) is 0 Å². The molecule has 25 heavy (non-hydrogen) atoms. The zero-order valence-electron chi connectivity index (χ0n) is 15.1. The first-order chi connectivity index (χ1) is 12.2. The minimum absolute atomic E-state index is 0.289. The van der Waals surface area contributed by atoms with E-state index in [0.717, 1.165) is 50.2 Å². The normalized spacial score (nSPS) is 10.9. The summed E-state index contributed by atoms with van der Waals surface area (Å²) in [6.07, 6.45) is 6.01. The maximum absolute atomic E-state index is 11.0. The van der Waals surface area contributed by atoms with Crippen LogP contribution in [0.25, 0.3) is 0 Å². The first kappa shape index (κ1) is 19.3. The van der Waals surface area contributed by atoms with E-state index < -0.39 is 0 Å². The van der Waals surface area contributed by atoms with Crippen LogP contribution in [0, 0.1) is 0 Å². The molecule has 0 saturated carbocycles. The van der Waals surface area contributed by atoms with Crippen molar-refractivity contribution in [3.05, 3.63) is 59.0 Å². The van der Waals surface area contributed by atoms with Gasteiger partial charge >= 0.3 is 0 Å². The summed E-state index contributed by atoms with van der Waals surface area (Å²) in [7, 11) is 0. The number of unbranched alkanes of at least 4 members (excludes halogenated alkanes) is 1. The molecule has 0 saturated heterocycles. The number of primary amides is 1. The van der Waals surface area contributed by atoms with E-state index in [1.54, 1.807) is 0 Å². The number of rotatable bonds is 12. The summed E-state index contributed by atoms with van der Waals surface area (Å²) in [5.41, 5.74) is 7.67. The maximum Gasteiger partial charge on any atom is 0.217 e. The van der Waals surface area contributed by atoms with E-state index in [1.807, 2.05) is 18.2 Å². The number of hydrogen-bond donors (Lipinski definition) is 1. The Hall–Kier alpha value is -2.07. The lowest BCUT2D eigenvalue weighted by Crippen LogP contribution is -2.10. The summed E-state index contributed by atoms with van der Waals surface area (Å²) in [5.74, 6) is 1.64. The third-order valence-electron chi connectivity index (χ3n) is 4.17. The van der Waals surface area contributed by atoms with E-state index >= 15 is 0 Å². The average molecular weight is 343 g/mol. The number of carbonyl (C=O) groups excluding carboxylic acids is 1. The van der Waals surface area contributed by atoms with E-state index in [0.29, 0.717) is 19.4 Å². The predicted molar refractivity (Wildman–Crippen MR) is 99.3 cm³/mol. The second-order valence-electron chi connectivity index (χ2n) is 6.37. The Kier molecular flexibility index (Phi) is 8.26. The van der Waals surface area contributed by atoms with Gasteiger partial charge in [0.05, 0.1) is 6.61 Å². The Balaban J connectivity index is 1.80. The lowest BCUT2D eigenvalue weighted by Gasteiger charge is -2.05. The fourth-order valence-electron chi connectivity index (χ4n) is 2.79. The highest BCUT2D eigenvalue weighted by atomic mass is 16.5. The Morgan fingerprint density at radius 2 is 1.92 bits per heavy atom. The summed E-state index contributed by atoms with van der Waals surface area (Å²) < 4.78 is 11.7. The van der Waals surface area contributed by atoms with E-state index in [1.165, 1.54) is 11.1 Å². The number of aryl methyl sites for hydroxylation is 3. The molecule has 0 fully saturated rings. The summed E-state index contributed by atoms with van der Waals surface area (Å²) in [5, 5.41) is 0. The third-order valence-corrected chi connectivity index (χ3v) is 4.17. The fourth-order valence-corrected chi connectivity index (χ4v) is 2.79. The molecule has 4 nitrogen and oxygen atoms in total. The van der Waals surface area contributed by atoms with E-state index in [2.05, 4.69) is 25.1 Å². The standard InChI is InChI=1S/C21H29NO3/c1-2-3-11-20-18(15-19(25-20)12-13-21(22)23)10-7-14-24-16-17-8-5-4-6-9-17/h4-6,8-9,15H,2-3,7,10-14,16H2,1H3,(H2,22,23). The van der Waals surface area contributed by atoms with Gasteiger partial charge in [0.15, 0.2) is 0 Å². The molecule has 0 unspecified atom stereocenters. The van der Waals surface area contributed by atoms with Crippen LogP contribution in [0.1, 0.15) is 55.3 Å². The largest absolute Gasteiger partial charge is 0.466 e. The summed E-state index contributed by atoms with van der Waals surface area (Å²) in [6.45, 7) is 3.55. The Morgan fingerprint density at radius 1 is 1.12 bits per heavy atom. The van der Waals surface area contributed by atoms with Crippen molar-refractivity contribution in [2.45, 2.75) is 58.5 Å². The lowest BCUT2D eigenvalue weighted by atomic mass is 10.1. The van der Waals surface area contributed by atoms with Gasteiger partial charge in [0.25, 0.3) is 0 Å². The van der Waals surface area contributed by atoms with Crippen molar-refractivity contribution in [3.63, 3.8) is 0 Å². The molecule has 1 aromatic heterocycles. The SMILES string of the molecule is CCCCc1oc(CCC(N)=O)cc1CCCOCc1ccccc1. The molecule has 2 rings (SSSR count). The molecule has 0 spiro atoms. The molecule has 1 heterocycles. The average Bonchev–Trinajstić information content (AvgIpc) is 3.01. The van der Waals surface area contributed by atoms with Crippen molar-refractivity contribution in [3.8, 4) is 0 Å². The number of benzene rings is 1. The van der Waals surface area contributed by atoms with Crippen LogP contribution in [0.2, 0.25) is 0 Å². The van der Waals surface area contributed by atoms with Gasteiger partial charge in [-0.3, -0.25) is 4.79 Å². The topological polar surface area (TPSA) is 65.5 Å². The minimum Gasteiger partial charge on any atom is -0.466 e. The molecule has 136 valence electrons. The minimum atomic E-state index is -0.289. The van der Waals surface area contributed by atoms with Gasteiger partial charge < -0.3 is 14.9 Å². The highest BCUT2D eigenvalue weighted by molar-refractivity contribution is 5.73. The second kappa shape index (κ2) is 10.7. The summed E-state index contributed by atoms with van der Waals surface area (Å²) >= 11 is 0. The maximum atomic E-state index is 11.0. The predicted octanol–water partition coefficient (Wildman–Crippen LogP) is 4.19. The van der Waals surface area contributed by atoms with Gasteiger partial charge in [0, 0.05) is 25.9 Å². The number of ether oxygens (including phenoxy) is 1. The number of furan rings is 1. The molecular weight excluding hydrogens is 314 g/mol. The molecule has 2 N–H and O–H groups in total. The summed E-state index contributed by atoms with van der Waals surface area (Å²) in [6, 6.07) is 12.3. The van der Waals surface area contributed by atoms with Crippen LogP contribution in [-0.2, 0) is 35.4 Å². The van der Waals surface area contributed by atoms with Gasteiger partial charge in [0.2, 0.25) is 5.91 Å². The molecule has 4 heteroatoms. The van der Waals surface area contributed by atoms with Gasteiger partial charge in [-0.25, -0.2) is 0 Å². The fraction of sp³-hybridized carbons (Fsp3) is 0.476. The van der Waals surface area contributed by atoms with Crippen molar-refractivity contribution in [2.75, 3.05) is 6.61 Å². The van der Waals surface area contributed by atoms with Crippen LogP contribution in [-0.4, -0.2) is 12.5 Å². The third kappa shape index (κ3) is 7.14. The van der Waals surface area contributed by atoms with Crippen LogP contribution in [0.4, 0.5) is 0 Å². The van der Waals surface area contributed by atoms with Gasteiger partial charge in [-0.05, 0) is 36.5 Å². The number of carbonyl (C=O) groups is 1. The second-order valence-corrected chi connectivity index (χ2v) is 6.37. The Labute approximate surface area is 150 Å². The van der Waals surface area contributed by atoms with Gasteiger partial charge in [0.1, 0.15) is 11.5 Å². The first-order valence-electron chi connectivity index (χ1n) is 9.19.